The van der Waals surface area contributed by atoms with Gasteiger partial charge in [-0.1, -0.05) is 42.8 Å². The first-order valence-corrected chi connectivity index (χ1v) is 12.9. The van der Waals surface area contributed by atoms with Crippen molar-refractivity contribution in [1.82, 2.24) is 9.21 Å². The van der Waals surface area contributed by atoms with Crippen molar-refractivity contribution in [2.45, 2.75) is 51.0 Å². The molecule has 0 aromatic heterocycles. The number of amides is 1. The highest BCUT2D eigenvalue weighted by molar-refractivity contribution is 7.89. The quantitative estimate of drug-likeness (QED) is 0.544. The summed E-state index contributed by atoms with van der Waals surface area (Å²) < 4.78 is 33.6. The predicted octanol–water partition coefficient (Wildman–Crippen LogP) is 3.94. The van der Waals surface area contributed by atoms with Crippen LogP contribution in [0.25, 0.3) is 0 Å². The second-order valence-corrected chi connectivity index (χ2v) is 10.1. The van der Waals surface area contributed by atoms with Crippen molar-refractivity contribution in [2.75, 3.05) is 26.2 Å². The van der Waals surface area contributed by atoms with E-state index in [4.69, 9.17) is 4.74 Å². The highest BCUT2D eigenvalue weighted by atomic mass is 32.2. The highest BCUT2D eigenvalue weighted by Crippen LogP contribution is 2.27. The van der Waals surface area contributed by atoms with Gasteiger partial charge in [0.2, 0.25) is 16.1 Å². The Hall–Kier alpha value is -2.71. The summed E-state index contributed by atoms with van der Waals surface area (Å²) >= 11 is 0. The molecule has 2 aromatic rings. The number of benzene rings is 2. The highest BCUT2D eigenvalue weighted by Gasteiger charge is 2.31. The number of ether oxygens (including phenoxy) is 1. The van der Waals surface area contributed by atoms with Gasteiger partial charge < -0.3 is 9.64 Å². The first kappa shape index (κ1) is 24.9. The summed E-state index contributed by atoms with van der Waals surface area (Å²) in [5.74, 6) is -1.05. The van der Waals surface area contributed by atoms with Crippen molar-refractivity contribution in [3.05, 3.63) is 65.2 Å². The summed E-state index contributed by atoms with van der Waals surface area (Å²) in [5.41, 5.74) is 1.23. The van der Waals surface area contributed by atoms with Crippen molar-refractivity contribution >= 4 is 21.9 Å². The molecule has 0 aliphatic carbocycles. The van der Waals surface area contributed by atoms with E-state index < -0.39 is 22.1 Å². The van der Waals surface area contributed by atoms with Crippen LogP contribution in [-0.4, -0.2) is 55.7 Å². The van der Waals surface area contributed by atoms with Gasteiger partial charge in [-0.3, -0.25) is 4.79 Å². The van der Waals surface area contributed by atoms with Crippen molar-refractivity contribution < 1.29 is 22.7 Å². The number of nitrogens with zero attached hydrogens (tertiary/aromatic N) is 2. The number of piperidine rings is 1. The predicted molar refractivity (Wildman–Crippen MR) is 126 cm³/mol. The van der Waals surface area contributed by atoms with Crippen LogP contribution in [0.4, 0.5) is 0 Å². The van der Waals surface area contributed by atoms with Crippen molar-refractivity contribution in [1.29, 1.82) is 0 Å². The van der Waals surface area contributed by atoms with Gasteiger partial charge in [-0.15, -0.1) is 0 Å². The second kappa shape index (κ2) is 10.9. The molecular formula is C25H32N2O5S. The summed E-state index contributed by atoms with van der Waals surface area (Å²) in [6, 6.07) is 13.4. The average molecular weight is 473 g/mol. The largest absolute Gasteiger partial charge is 0.444 e. The molecule has 1 aliphatic heterocycles. The van der Waals surface area contributed by atoms with E-state index in [1.807, 2.05) is 19.9 Å². The van der Waals surface area contributed by atoms with E-state index in [2.05, 4.69) is 0 Å². The van der Waals surface area contributed by atoms with Crippen LogP contribution in [0.15, 0.2) is 53.4 Å². The number of aryl methyl sites for hydroxylation is 1. The van der Waals surface area contributed by atoms with Gasteiger partial charge in [0.1, 0.15) is 0 Å². The molecule has 0 N–H and O–H groups in total. The smallest absolute Gasteiger partial charge is 0.339 e. The lowest BCUT2D eigenvalue weighted by Crippen LogP contribution is -2.37. The molecule has 0 bridgehead atoms. The normalized spacial score (nSPS) is 15.6. The number of sulfonamides is 1. The SMILES string of the molecule is CCN(CC)C(=O)C(OC(=O)c1ccc(C)c(S(=O)(=O)N2CCCCC2)c1)c1ccccc1. The molecule has 0 spiro atoms. The molecule has 1 aliphatic rings. The summed E-state index contributed by atoms with van der Waals surface area (Å²) in [5, 5.41) is 0. The molecule has 1 heterocycles. The van der Waals surface area contributed by atoms with Crippen molar-refractivity contribution in [3.63, 3.8) is 0 Å². The first-order valence-electron chi connectivity index (χ1n) is 11.4. The molecule has 1 saturated heterocycles. The van der Waals surface area contributed by atoms with Gasteiger partial charge in [0.25, 0.3) is 5.91 Å². The van der Waals surface area contributed by atoms with E-state index >= 15 is 0 Å². The van der Waals surface area contributed by atoms with E-state index in [1.54, 1.807) is 42.2 Å². The number of hydrogen-bond donors (Lipinski definition) is 0. The van der Waals surface area contributed by atoms with E-state index in [0.717, 1.165) is 19.3 Å². The van der Waals surface area contributed by atoms with Gasteiger partial charge in [-0.25, -0.2) is 13.2 Å². The molecule has 2 aromatic carbocycles. The number of likely N-dealkylation sites (N-methyl/N-ethyl adjacent to an activating group) is 1. The standard InChI is InChI=1S/C25H32N2O5S/c1-4-26(5-2)24(28)23(20-12-8-6-9-13-20)32-25(29)21-15-14-19(3)22(18-21)33(30,31)27-16-10-7-11-17-27/h6,8-9,12-15,18,23H,4-5,7,10-11,16-17H2,1-3H3. The summed E-state index contributed by atoms with van der Waals surface area (Å²) in [6.07, 6.45) is 1.55. The third kappa shape index (κ3) is 5.62. The van der Waals surface area contributed by atoms with Crippen LogP contribution in [-0.2, 0) is 19.6 Å². The Morgan fingerprint density at radius 1 is 1.00 bits per heavy atom. The molecular weight excluding hydrogens is 440 g/mol. The number of hydrogen-bond acceptors (Lipinski definition) is 5. The van der Waals surface area contributed by atoms with Crippen molar-refractivity contribution in [3.8, 4) is 0 Å². The molecule has 178 valence electrons. The van der Waals surface area contributed by atoms with E-state index in [0.29, 0.717) is 37.3 Å². The fraction of sp³-hybridized carbons (Fsp3) is 0.440. The van der Waals surface area contributed by atoms with Crippen LogP contribution < -0.4 is 0 Å². The van der Waals surface area contributed by atoms with Gasteiger partial charge >= 0.3 is 5.97 Å². The Bertz CT molecular complexity index is 1080. The third-order valence-electron chi connectivity index (χ3n) is 5.98. The Labute approximate surface area is 196 Å². The Morgan fingerprint density at radius 2 is 1.64 bits per heavy atom. The zero-order valence-electron chi connectivity index (χ0n) is 19.5. The Balaban J connectivity index is 1.91. The molecule has 7 nitrogen and oxygen atoms in total. The fourth-order valence-corrected chi connectivity index (χ4v) is 5.78. The summed E-state index contributed by atoms with van der Waals surface area (Å²) in [6.45, 7) is 7.36. The minimum Gasteiger partial charge on any atom is -0.444 e. The lowest BCUT2D eigenvalue weighted by molar-refractivity contribution is -0.140. The summed E-state index contributed by atoms with van der Waals surface area (Å²) in [4.78, 5) is 27.9. The minimum absolute atomic E-state index is 0.101. The van der Waals surface area contributed by atoms with Crippen LogP contribution in [0.5, 0.6) is 0 Å². The number of carbonyl (C=O) groups excluding carboxylic acids is 2. The van der Waals surface area contributed by atoms with Crippen LogP contribution in [0, 0.1) is 6.92 Å². The van der Waals surface area contributed by atoms with Crippen LogP contribution in [0.3, 0.4) is 0 Å². The molecule has 1 fully saturated rings. The van der Waals surface area contributed by atoms with E-state index in [1.165, 1.54) is 16.4 Å². The lowest BCUT2D eigenvalue weighted by atomic mass is 10.1. The van der Waals surface area contributed by atoms with E-state index in [9.17, 15) is 18.0 Å². The zero-order chi connectivity index (χ0) is 24.0. The molecule has 0 radical (unpaired) electrons. The van der Waals surface area contributed by atoms with Gasteiger partial charge in [0.05, 0.1) is 10.5 Å². The zero-order valence-corrected chi connectivity index (χ0v) is 20.3. The topological polar surface area (TPSA) is 84.0 Å². The molecule has 1 atom stereocenters. The first-order chi connectivity index (χ1) is 15.8. The third-order valence-corrected chi connectivity index (χ3v) is 8.02. The average Bonchev–Trinajstić information content (AvgIpc) is 2.84. The second-order valence-electron chi connectivity index (χ2n) is 8.15. The summed E-state index contributed by atoms with van der Waals surface area (Å²) in [7, 11) is -3.72. The van der Waals surface area contributed by atoms with Gasteiger partial charge in [0, 0.05) is 31.7 Å². The van der Waals surface area contributed by atoms with Crippen LogP contribution in [0.2, 0.25) is 0 Å². The maximum atomic E-state index is 13.2. The fourth-order valence-electron chi connectivity index (χ4n) is 4.01. The van der Waals surface area contributed by atoms with Crippen LogP contribution in [0.1, 0.15) is 60.7 Å². The number of carbonyl (C=O) groups is 2. The van der Waals surface area contributed by atoms with Crippen LogP contribution >= 0.6 is 0 Å². The molecule has 3 rings (SSSR count). The maximum absolute atomic E-state index is 13.2. The molecule has 8 heteroatoms. The monoisotopic (exact) mass is 472 g/mol. The molecule has 0 saturated carbocycles. The molecule has 33 heavy (non-hydrogen) atoms. The van der Waals surface area contributed by atoms with Gasteiger partial charge in [-0.2, -0.15) is 4.31 Å². The maximum Gasteiger partial charge on any atom is 0.339 e. The molecule has 1 amide bonds. The Kier molecular flexibility index (Phi) is 8.26. The Morgan fingerprint density at radius 3 is 2.24 bits per heavy atom. The lowest BCUT2D eigenvalue weighted by Gasteiger charge is -2.27. The van der Waals surface area contributed by atoms with E-state index in [-0.39, 0.29) is 16.4 Å². The molecule has 1 unspecified atom stereocenters. The van der Waals surface area contributed by atoms with Crippen molar-refractivity contribution in [2.24, 2.45) is 0 Å². The number of esters is 1. The van der Waals surface area contributed by atoms with Gasteiger partial charge in [-0.05, 0) is 51.3 Å². The minimum atomic E-state index is -3.72. The van der Waals surface area contributed by atoms with Gasteiger partial charge in [0.15, 0.2) is 0 Å². The number of rotatable bonds is 8.